The number of thiocarbonyl (C=S) groups is 1. The molecule has 66 valence electrons. The van der Waals surface area contributed by atoms with Crippen LogP contribution in [0.1, 0.15) is 5.01 Å². The van der Waals surface area contributed by atoms with Gasteiger partial charge in [-0.2, -0.15) is 0 Å². The maximum atomic E-state index is 12.8. The van der Waals surface area contributed by atoms with Crippen LogP contribution in [0, 0.1) is 5.82 Å². The molecule has 0 unspecified atom stereocenters. The lowest BCUT2D eigenvalue weighted by Crippen LogP contribution is -2.08. The zero-order valence-electron chi connectivity index (χ0n) is 6.45. The zero-order valence-corrected chi connectivity index (χ0v) is 8.08. The summed E-state index contributed by atoms with van der Waals surface area (Å²) in [5.74, 6) is -0.273. The van der Waals surface area contributed by atoms with E-state index in [4.69, 9.17) is 18.0 Å². The number of aromatic nitrogens is 1. The van der Waals surface area contributed by atoms with Crippen molar-refractivity contribution in [3.63, 3.8) is 0 Å². The Morgan fingerprint density at radius 2 is 2.31 bits per heavy atom. The van der Waals surface area contributed by atoms with Crippen LogP contribution in [0.2, 0.25) is 0 Å². The summed E-state index contributed by atoms with van der Waals surface area (Å²) in [7, 11) is 0. The molecule has 0 aliphatic heterocycles. The van der Waals surface area contributed by atoms with Crippen molar-refractivity contribution in [2.24, 2.45) is 5.73 Å². The van der Waals surface area contributed by atoms with E-state index in [1.165, 1.54) is 23.5 Å². The Morgan fingerprint density at radius 3 is 3.00 bits per heavy atom. The Morgan fingerprint density at radius 1 is 1.54 bits per heavy atom. The lowest BCUT2D eigenvalue weighted by molar-refractivity contribution is 0.630. The molecule has 0 bridgehead atoms. The Bertz CT molecular complexity index is 478. The van der Waals surface area contributed by atoms with Crippen LogP contribution in [0.3, 0.4) is 0 Å². The van der Waals surface area contributed by atoms with Crippen molar-refractivity contribution in [3.05, 3.63) is 29.0 Å². The second-order valence-corrected chi connectivity index (χ2v) is 3.97. The van der Waals surface area contributed by atoms with Crippen molar-refractivity contribution in [2.45, 2.75) is 0 Å². The standard InChI is InChI=1S/C8H5FN2S2/c9-4-1-2-5-6(3-4)13-8(11-5)7(10)12/h1-3H,(H2,10,12). The number of thiazole rings is 1. The molecule has 0 aliphatic carbocycles. The first-order valence-corrected chi connectivity index (χ1v) is 4.75. The van der Waals surface area contributed by atoms with Crippen LogP contribution in [-0.2, 0) is 0 Å². The van der Waals surface area contributed by atoms with E-state index in [2.05, 4.69) is 4.98 Å². The number of nitrogens with two attached hydrogens (primary N) is 1. The lowest BCUT2D eigenvalue weighted by Gasteiger charge is -1.85. The normalized spacial score (nSPS) is 10.5. The second-order valence-electron chi connectivity index (χ2n) is 2.50. The van der Waals surface area contributed by atoms with E-state index in [0.717, 1.165) is 10.2 Å². The van der Waals surface area contributed by atoms with Gasteiger partial charge in [-0.15, -0.1) is 11.3 Å². The van der Waals surface area contributed by atoms with Gasteiger partial charge in [0.15, 0.2) is 5.01 Å². The summed E-state index contributed by atoms with van der Waals surface area (Å²) in [6, 6.07) is 4.41. The van der Waals surface area contributed by atoms with Gasteiger partial charge in [0.05, 0.1) is 10.2 Å². The van der Waals surface area contributed by atoms with Crippen LogP contribution in [0.15, 0.2) is 18.2 Å². The first-order chi connectivity index (χ1) is 6.16. The molecule has 0 aliphatic rings. The van der Waals surface area contributed by atoms with E-state index >= 15 is 0 Å². The topological polar surface area (TPSA) is 38.9 Å². The molecule has 1 heterocycles. The zero-order chi connectivity index (χ0) is 9.42. The smallest absolute Gasteiger partial charge is 0.151 e. The molecule has 2 aromatic rings. The van der Waals surface area contributed by atoms with Gasteiger partial charge in [0, 0.05) is 0 Å². The minimum Gasteiger partial charge on any atom is -0.387 e. The molecule has 0 radical (unpaired) electrons. The highest BCUT2D eigenvalue weighted by molar-refractivity contribution is 7.81. The highest BCUT2D eigenvalue weighted by atomic mass is 32.1. The van der Waals surface area contributed by atoms with Crippen molar-refractivity contribution >= 4 is 38.8 Å². The predicted octanol–water partition coefficient (Wildman–Crippen LogP) is 2.07. The van der Waals surface area contributed by atoms with E-state index in [1.54, 1.807) is 6.07 Å². The Kier molecular flexibility index (Phi) is 1.97. The molecule has 0 fully saturated rings. The van der Waals surface area contributed by atoms with Crippen molar-refractivity contribution < 1.29 is 4.39 Å². The molecule has 2 nitrogen and oxygen atoms in total. The minimum absolute atomic E-state index is 0.251. The monoisotopic (exact) mass is 212 g/mol. The molecule has 2 rings (SSSR count). The maximum absolute atomic E-state index is 12.8. The molecular formula is C8H5FN2S2. The van der Waals surface area contributed by atoms with Crippen molar-refractivity contribution in [3.8, 4) is 0 Å². The lowest BCUT2D eigenvalue weighted by atomic mass is 10.3. The van der Waals surface area contributed by atoms with E-state index in [1.807, 2.05) is 0 Å². The molecule has 0 atom stereocenters. The summed E-state index contributed by atoms with van der Waals surface area (Å²) in [4.78, 5) is 4.39. The predicted molar refractivity (Wildman–Crippen MR) is 55.5 cm³/mol. The van der Waals surface area contributed by atoms with Crippen LogP contribution < -0.4 is 5.73 Å². The SMILES string of the molecule is NC(=S)c1nc2ccc(F)cc2s1. The summed E-state index contributed by atoms with van der Waals surface area (Å²) >= 11 is 6.07. The van der Waals surface area contributed by atoms with Gasteiger partial charge in [-0.3, -0.25) is 0 Å². The Hall–Kier alpha value is -1.07. The average Bonchev–Trinajstić information content (AvgIpc) is 2.46. The summed E-state index contributed by atoms with van der Waals surface area (Å²) < 4.78 is 13.5. The third-order valence-corrected chi connectivity index (χ3v) is 2.94. The van der Waals surface area contributed by atoms with Gasteiger partial charge in [-0.25, -0.2) is 9.37 Å². The third-order valence-electron chi connectivity index (χ3n) is 1.56. The Balaban J connectivity index is 2.68. The number of nitrogens with zero attached hydrogens (tertiary/aromatic N) is 1. The first kappa shape index (κ1) is 8.52. The van der Waals surface area contributed by atoms with E-state index in [-0.39, 0.29) is 10.8 Å². The molecule has 1 aromatic heterocycles. The van der Waals surface area contributed by atoms with Gasteiger partial charge in [0.1, 0.15) is 10.8 Å². The highest BCUT2D eigenvalue weighted by Crippen LogP contribution is 2.22. The summed E-state index contributed by atoms with van der Waals surface area (Å²) in [6.45, 7) is 0. The minimum atomic E-state index is -0.273. The summed E-state index contributed by atoms with van der Waals surface area (Å²) in [5.41, 5.74) is 6.13. The van der Waals surface area contributed by atoms with Crippen LogP contribution in [0.5, 0.6) is 0 Å². The van der Waals surface area contributed by atoms with Gasteiger partial charge in [0.25, 0.3) is 0 Å². The fraction of sp³-hybridized carbons (Fsp3) is 0. The molecule has 5 heteroatoms. The quantitative estimate of drug-likeness (QED) is 0.735. The number of benzene rings is 1. The van der Waals surface area contributed by atoms with Gasteiger partial charge in [-0.1, -0.05) is 12.2 Å². The van der Waals surface area contributed by atoms with Gasteiger partial charge in [0.2, 0.25) is 0 Å². The van der Waals surface area contributed by atoms with Crippen molar-refractivity contribution in [1.29, 1.82) is 0 Å². The van der Waals surface area contributed by atoms with Crippen LogP contribution in [-0.4, -0.2) is 9.97 Å². The van der Waals surface area contributed by atoms with Gasteiger partial charge in [-0.05, 0) is 18.2 Å². The maximum Gasteiger partial charge on any atom is 0.151 e. The van der Waals surface area contributed by atoms with Crippen LogP contribution in [0.25, 0.3) is 10.2 Å². The van der Waals surface area contributed by atoms with Gasteiger partial charge < -0.3 is 5.73 Å². The van der Waals surface area contributed by atoms with Gasteiger partial charge >= 0.3 is 0 Å². The first-order valence-electron chi connectivity index (χ1n) is 3.53. The molecular weight excluding hydrogens is 207 g/mol. The van der Waals surface area contributed by atoms with E-state index in [0.29, 0.717) is 5.01 Å². The van der Waals surface area contributed by atoms with E-state index in [9.17, 15) is 4.39 Å². The second kappa shape index (κ2) is 3.01. The van der Waals surface area contributed by atoms with Crippen LogP contribution in [0.4, 0.5) is 4.39 Å². The van der Waals surface area contributed by atoms with Crippen molar-refractivity contribution in [2.75, 3.05) is 0 Å². The fourth-order valence-electron chi connectivity index (χ4n) is 1.00. The Labute approximate surface area is 83.2 Å². The highest BCUT2D eigenvalue weighted by Gasteiger charge is 2.05. The largest absolute Gasteiger partial charge is 0.387 e. The third kappa shape index (κ3) is 1.52. The molecule has 1 aromatic carbocycles. The number of fused-ring (bicyclic) bond motifs is 1. The van der Waals surface area contributed by atoms with E-state index < -0.39 is 0 Å². The van der Waals surface area contributed by atoms with Crippen LogP contribution >= 0.6 is 23.6 Å². The number of hydrogen-bond acceptors (Lipinski definition) is 3. The number of hydrogen-bond donors (Lipinski definition) is 1. The molecule has 0 saturated carbocycles. The molecule has 13 heavy (non-hydrogen) atoms. The molecule has 0 amide bonds. The number of rotatable bonds is 1. The summed E-state index contributed by atoms with van der Waals surface area (Å²) in [6.07, 6.45) is 0. The average molecular weight is 212 g/mol. The molecule has 0 spiro atoms. The molecule has 0 saturated heterocycles. The van der Waals surface area contributed by atoms with Crippen molar-refractivity contribution in [1.82, 2.24) is 4.98 Å². The molecule has 2 N–H and O–H groups in total. The summed E-state index contributed by atoms with van der Waals surface area (Å²) in [5, 5.41) is 0.579. The fourth-order valence-corrected chi connectivity index (χ4v) is 2.02. The number of halogens is 1.